The molecule has 0 spiro atoms. The van der Waals surface area contributed by atoms with Gasteiger partial charge in [0, 0.05) is 34.4 Å². The fourth-order valence-corrected chi connectivity index (χ4v) is 4.41. The van der Waals surface area contributed by atoms with E-state index in [1.807, 2.05) is 10.3 Å². The Labute approximate surface area is 165 Å². The number of halogens is 2. The molecule has 0 N–H and O–H groups in total. The van der Waals surface area contributed by atoms with Crippen LogP contribution in [0.2, 0.25) is 5.02 Å². The summed E-state index contributed by atoms with van der Waals surface area (Å²) in [7, 11) is 0. The Hall–Kier alpha value is -2.25. The Bertz CT molecular complexity index is 942. The zero-order chi connectivity index (χ0) is 19.0. The van der Waals surface area contributed by atoms with Gasteiger partial charge in [-0.2, -0.15) is 0 Å². The van der Waals surface area contributed by atoms with Crippen molar-refractivity contribution in [3.05, 3.63) is 62.5 Å². The van der Waals surface area contributed by atoms with Crippen molar-refractivity contribution in [3.63, 3.8) is 0 Å². The molecule has 2 aliphatic heterocycles. The molecule has 1 atom stereocenters. The highest BCUT2D eigenvalue weighted by Crippen LogP contribution is 2.42. The minimum Gasteiger partial charge on any atom is -0.463 e. The van der Waals surface area contributed by atoms with Gasteiger partial charge in [-0.1, -0.05) is 17.7 Å². The van der Waals surface area contributed by atoms with E-state index < -0.39 is 17.8 Å². The van der Waals surface area contributed by atoms with Crippen LogP contribution in [0.5, 0.6) is 0 Å². The van der Waals surface area contributed by atoms with Crippen molar-refractivity contribution in [2.75, 3.05) is 13.2 Å². The first-order chi connectivity index (χ1) is 13.1. The van der Waals surface area contributed by atoms with Crippen LogP contribution in [0.15, 0.2) is 46.0 Å². The molecule has 1 unspecified atom stereocenters. The van der Waals surface area contributed by atoms with Crippen molar-refractivity contribution in [2.45, 2.75) is 25.8 Å². The minimum absolute atomic E-state index is 0.232. The van der Waals surface area contributed by atoms with Crippen molar-refractivity contribution < 1.29 is 13.9 Å². The first-order valence-electron chi connectivity index (χ1n) is 8.70. The lowest BCUT2D eigenvalue weighted by molar-refractivity contribution is -0.139. The number of aliphatic imine (C=N–C) groups is 1. The van der Waals surface area contributed by atoms with Crippen LogP contribution in [-0.2, 0) is 9.53 Å². The molecule has 1 saturated heterocycles. The molecular weight excluding hydrogens is 389 g/mol. The predicted octanol–water partition coefficient (Wildman–Crippen LogP) is 4.35. The van der Waals surface area contributed by atoms with Gasteiger partial charge in [0.1, 0.15) is 11.9 Å². The Morgan fingerprint density at radius 2 is 2.33 bits per heavy atom. The molecule has 0 bridgehead atoms. The zero-order valence-electron chi connectivity index (χ0n) is 14.6. The molecule has 5 nitrogen and oxygen atoms in total. The molecule has 1 aromatic heterocycles. The summed E-state index contributed by atoms with van der Waals surface area (Å²) in [4.78, 5) is 24.1. The third-order valence-electron chi connectivity index (χ3n) is 4.59. The lowest BCUT2D eigenvalue weighted by Gasteiger charge is -2.31. The summed E-state index contributed by atoms with van der Waals surface area (Å²) >= 11 is 7.80. The number of thiazole rings is 1. The number of esters is 1. The highest BCUT2D eigenvalue weighted by Gasteiger charge is 2.39. The Kier molecular flexibility index (Phi) is 4.97. The molecule has 2 aromatic rings. The summed E-state index contributed by atoms with van der Waals surface area (Å²) in [5, 5.41) is 2.90. The van der Waals surface area contributed by atoms with Crippen LogP contribution in [0.1, 0.15) is 36.4 Å². The van der Waals surface area contributed by atoms with Gasteiger partial charge >= 0.3 is 5.97 Å². The summed E-state index contributed by atoms with van der Waals surface area (Å²) in [5.74, 6) is -0.126. The van der Waals surface area contributed by atoms with Gasteiger partial charge in [-0.3, -0.25) is 4.99 Å². The van der Waals surface area contributed by atoms with Crippen LogP contribution in [-0.4, -0.2) is 34.8 Å². The second-order valence-electron chi connectivity index (χ2n) is 6.19. The van der Waals surface area contributed by atoms with Gasteiger partial charge in [0.2, 0.25) is 0 Å². The van der Waals surface area contributed by atoms with E-state index >= 15 is 0 Å². The third-order valence-corrected chi connectivity index (χ3v) is 5.68. The fraction of sp³-hybridized carbons (Fsp3) is 0.316. The Morgan fingerprint density at radius 1 is 1.48 bits per heavy atom. The molecule has 0 saturated carbocycles. The van der Waals surface area contributed by atoms with E-state index in [9.17, 15) is 9.18 Å². The van der Waals surface area contributed by atoms with Crippen LogP contribution in [0, 0.1) is 5.82 Å². The second kappa shape index (κ2) is 7.40. The lowest BCUT2D eigenvalue weighted by atomic mass is 9.94. The van der Waals surface area contributed by atoms with Crippen molar-refractivity contribution in [2.24, 2.45) is 4.99 Å². The number of rotatable bonds is 4. The Morgan fingerprint density at radius 3 is 3.04 bits per heavy atom. The third kappa shape index (κ3) is 3.26. The molecule has 27 heavy (non-hydrogen) atoms. The topological polar surface area (TPSA) is 54.8 Å². The van der Waals surface area contributed by atoms with E-state index in [0.717, 1.165) is 35.9 Å². The predicted molar refractivity (Wildman–Crippen MR) is 102 cm³/mol. The second-order valence-corrected chi connectivity index (χ2v) is 7.50. The minimum atomic E-state index is -0.652. The maximum atomic E-state index is 13.6. The normalized spacial score (nSPS) is 19.1. The Balaban J connectivity index is 1.89. The molecule has 0 amide bonds. The number of allylic oxidation sites excluding steroid dienone is 1. The molecule has 0 radical (unpaired) electrons. The number of amidine groups is 1. The first-order valence-corrected chi connectivity index (χ1v) is 9.96. The SMILES string of the molecule is CCOC(=O)C1=C2CCCN2C(c2nccs2)=NC1c1ccc(F)cc1Cl. The summed E-state index contributed by atoms with van der Waals surface area (Å²) in [6.07, 6.45) is 3.38. The molecule has 140 valence electrons. The van der Waals surface area contributed by atoms with Gasteiger partial charge < -0.3 is 9.64 Å². The average Bonchev–Trinajstić information content (AvgIpc) is 3.32. The van der Waals surface area contributed by atoms with Gasteiger partial charge in [0.05, 0.1) is 12.2 Å². The monoisotopic (exact) mass is 405 g/mol. The number of hydrogen-bond donors (Lipinski definition) is 0. The number of fused-ring (bicyclic) bond motifs is 1. The van der Waals surface area contributed by atoms with Crippen molar-refractivity contribution in [3.8, 4) is 0 Å². The van der Waals surface area contributed by atoms with E-state index in [1.165, 1.54) is 23.5 Å². The summed E-state index contributed by atoms with van der Waals surface area (Å²) in [6.45, 7) is 2.80. The van der Waals surface area contributed by atoms with Crippen molar-refractivity contribution in [1.82, 2.24) is 9.88 Å². The van der Waals surface area contributed by atoms with Gasteiger partial charge in [-0.15, -0.1) is 11.3 Å². The van der Waals surface area contributed by atoms with Gasteiger partial charge in [0.15, 0.2) is 10.8 Å². The summed E-state index contributed by atoms with van der Waals surface area (Å²) < 4.78 is 18.9. The van der Waals surface area contributed by atoms with E-state index in [2.05, 4.69) is 4.98 Å². The van der Waals surface area contributed by atoms with Crippen LogP contribution in [0.25, 0.3) is 0 Å². The maximum absolute atomic E-state index is 13.6. The molecule has 3 heterocycles. The molecule has 8 heteroatoms. The van der Waals surface area contributed by atoms with E-state index in [1.54, 1.807) is 19.2 Å². The first kappa shape index (κ1) is 18.1. The molecule has 1 aromatic carbocycles. The smallest absolute Gasteiger partial charge is 0.338 e. The fourth-order valence-electron chi connectivity index (χ4n) is 3.49. The number of hydrogen-bond acceptors (Lipinski definition) is 6. The summed E-state index contributed by atoms with van der Waals surface area (Å²) in [6, 6.07) is 3.49. The number of carbonyl (C=O) groups excluding carboxylic acids is 1. The molecule has 1 fully saturated rings. The van der Waals surface area contributed by atoms with E-state index in [0.29, 0.717) is 11.1 Å². The van der Waals surface area contributed by atoms with Gasteiger partial charge in [-0.05, 0) is 31.9 Å². The molecular formula is C19H17ClFN3O2S. The average molecular weight is 406 g/mol. The number of ether oxygens (including phenoxy) is 1. The lowest BCUT2D eigenvalue weighted by Crippen LogP contribution is -2.35. The molecule has 2 aliphatic rings. The summed E-state index contributed by atoms with van der Waals surface area (Å²) in [5.41, 5.74) is 1.94. The van der Waals surface area contributed by atoms with Crippen LogP contribution < -0.4 is 0 Å². The largest absolute Gasteiger partial charge is 0.463 e. The van der Waals surface area contributed by atoms with Gasteiger partial charge in [0.25, 0.3) is 0 Å². The number of carbonyl (C=O) groups is 1. The number of aromatic nitrogens is 1. The maximum Gasteiger partial charge on any atom is 0.338 e. The van der Waals surface area contributed by atoms with Crippen LogP contribution >= 0.6 is 22.9 Å². The zero-order valence-corrected chi connectivity index (χ0v) is 16.2. The highest BCUT2D eigenvalue weighted by atomic mass is 35.5. The van der Waals surface area contributed by atoms with Crippen molar-refractivity contribution in [1.29, 1.82) is 0 Å². The van der Waals surface area contributed by atoms with E-state index in [-0.39, 0.29) is 11.6 Å². The van der Waals surface area contributed by atoms with Crippen molar-refractivity contribution >= 4 is 34.7 Å². The molecule has 4 rings (SSSR count). The van der Waals surface area contributed by atoms with E-state index in [4.69, 9.17) is 21.3 Å². The quantitative estimate of drug-likeness (QED) is 0.709. The standard InChI is InChI=1S/C19H17ClFN3O2S/c1-2-26-19(25)15-14-4-3-8-24(14)17(18-22-7-9-27-18)23-16(15)12-6-5-11(21)10-13(12)20/h5-7,9-10,16H,2-4,8H2,1H3. The highest BCUT2D eigenvalue weighted by molar-refractivity contribution is 7.11. The van der Waals surface area contributed by atoms with Gasteiger partial charge in [-0.25, -0.2) is 14.2 Å². The van der Waals surface area contributed by atoms with Crippen LogP contribution in [0.3, 0.4) is 0 Å². The number of nitrogens with zero attached hydrogens (tertiary/aromatic N) is 3. The molecule has 0 aliphatic carbocycles. The number of benzene rings is 1. The van der Waals surface area contributed by atoms with Crippen LogP contribution in [0.4, 0.5) is 4.39 Å².